The minimum Gasteiger partial charge on any atom is -0.478 e. The quantitative estimate of drug-likeness (QED) is 0.795. The van der Waals surface area contributed by atoms with Gasteiger partial charge in [-0.2, -0.15) is 0 Å². The number of carboxylic acids is 1. The molecular formula is C11H16N2O3. The van der Waals surface area contributed by atoms with Gasteiger partial charge in [-0.15, -0.1) is 0 Å². The third-order valence-electron chi connectivity index (χ3n) is 2.25. The Morgan fingerprint density at radius 1 is 1.62 bits per heavy atom. The second-order valence-electron chi connectivity index (χ2n) is 4.05. The first-order valence-electron chi connectivity index (χ1n) is 4.93. The third-order valence-corrected chi connectivity index (χ3v) is 2.25. The van der Waals surface area contributed by atoms with Crippen molar-refractivity contribution in [2.75, 3.05) is 19.0 Å². The third kappa shape index (κ3) is 3.51. The fraction of sp³-hybridized carbons (Fsp3) is 0.455. The summed E-state index contributed by atoms with van der Waals surface area (Å²) in [6.45, 7) is 4.42. The zero-order valence-corrected chi connectivity index (χ0v) is 9.65. The number of carboxylic acid groups (broad SMARTS) is 1. The molecule has 0 unspecified atom stereocenters. The molecule has 5 nitrogen and oxygen atoms in total. The van der Waals surface area contributed by atoms with Gasteiger partial charge in [0.15, 0.2) is 0 Å². The normalized spacial score (nSPS) is 11.2. The molecule has 0 amide bonds. The van der Waals surface area contributed by atoms with Gasteiger partial charge in [-0.1, -0.05) is 0 Å². The monoisotopic (exact) mass is 224 g/mol. The molecule has 0 radical (unpaired) electrons. The molecule has 0 spiro atoms. The van der Waals surface area contributed by atoms with Crippen LogP contribution in [0.3, 0.4) is 0 Å². The average molecular weight is 224 g/mol. The number of aromatic carboxylic acids is 1. The van der Waals surface area contributed by atoms with E-state index < -0.39 is 5.97 Å². The Morgan fingerprint density at radius 3 is 2.88 bits per heavy atom. The Morgan fingerprint density at radius 2 is 2.31 bits per heavy atom. The van der Waals surface area contributed by atoms with Gasteiger partial charge < -0.3 is 15.2 Å². The largest absolute Gasteiger partial charge is 0.478 e. The van der Waals surface area contributed by atoms with Crippen molar-refractivity contribution in [3.8, 4) is 0 Å². The topological polar surface area (TPSA) is 71.5 Å². The van der Waals surface area contributed by atoms with E-state index >= 15 is 0 Å². The van der Waals surface area contributed by atoms with Crippen LogP contribution in [0.15, 0.2) is 18.3 Å². The minimum absolute atomic E-state index is 0.215. The van der Waals surface area contributed by atoms with Gasteiger partial charge in [0.2, 0.25) is 0 Å². The molecule has 0 aliphatic heterocycles. The summed E-state index contributed by atoms with van der Waals surface area (Å²) in [5, 5.41) is 11.8. The smallest absolute Gasteiger partial charge is 0.335 e. The van der Waals surface area contributed by atoms with Crippen molar-refractivity contribution < 1.29 is 14.6 Å². The second kappa shape index (κ2) is 4.94. The lowest BCUT2D eigenvalue weighted by atomic mass is 10.1. The summed E-state index contributed by atoms with van der Waals surface area (Å²) in [6, 6.07) is 2.95. The molecule has 0 aliphatic rings. The molecule has 5 heteroatoms. The number of pyridine rings is 1. The van der Waals surface area contributed by atoms with Crippen LogP contribution in [0.2, 0.25) is 0 Å². The van der Waals surface area contributed by atoms with Crippen molar-refractivity contribution in [2.24, 2.45) is 0 Å². The first kappa shape index (κ1) is 12.4. The van der Waals surface area contributed by atoms with Crippen molar-refractivity contribution in [1.82, 2.24) is 4.98 Å². The highest BCUT2D eigenvalue weighted by atomic mass is 16.5. The molecule has 0 fully saturated rings. The molecule has 1 heterocycles. The van der Waals surface area contributed by atoms with Gasteiger partial charge in [0.05, 0.1) is 11.2 Å². The van der Waals surface area contributed by atoms with Crippen LogP contribution in [0.4, 0.5) is 5.82 Å². The Balaban J connectivity index is 2.68. The van der Waals surface area contributed by atoms with Crippen LogP contribution in [0.1, 0.15) is 24.2 Å². The van der Waals surface area contributed by atoms with Crippen LogP contribution in [0.25, 0.3) is 0 Å². The summed E-state index contributed by atoms with van der Waals surface area (Å²) in [4.78, 5) is 14.8. The fourth-order valence-electron chi connectivity index (χ4n) is 1.04. The highest BCUT2D eigenvalue weighted by Crippen LogP contribution is 2.11. The lowest BCUT2D eigenvalue weighted by Crippen LogP contribution is -2.32. The van der Waals surface area contributed by atoms with Crippen molar-refractivity contribution >= 4 is 11.8 Å². The number of ether oxygens (including phenoxy) is 1. The number of carbonyl (C=O) groups is 1. The molecule has 0 aliphatic carbocycles. The van der Waals surface area contributed by atoms with E-state index in [1.807, 2.05) is 13.8 Å². The van der Waals surface area contributed by atoms with Crippen LogP contribution in [0, 0.1) is 0 Å². The minimum atomic E-state index is -0.962. The summed E-state index contributed by atoms with van der Waals surface area (Å²) in [5.74, 6) is -0.429. The van der Waals surface area contributed by atoms with Crippen LogP contribution in [-0.2, 0) is 4.74 Å². The van der Waals surface area contributed by atoms with Crippen molar-refractivity contribution in [1.29, 1.82) is 0 Å². The van der Waals surface area contributed by atoms with Gasteiger partial charge in [0.1, 0.15) is 5.82 Å². The Kier molecular flexibility index (Phi) is 3.84. The standard InChI is InChI=1S/C11H16N2O3/c1-11(2,16-3)7-13-9-6-8(10(14)15)4-5-12-9/h4-6H,7H2,1-3H3,(H,12,13)(H,14,15). The molecule has 16 heavy (non-hydrogen) atoms. The van der Waals surface area contributed by atoms with E-state index in [1.165, 1.54) is 18.3 Å². The number of hydrogen-bond donors (Lipinski definition) is 2. The summed E-state index contributed by atoms with van der Waals surface area (Å²) >= 11 is 0. The SMILES string of the molecule is COC(C)(C)CNc1cc(C(=O)O)ccn1. The van der Waals surface area contributed by atoms with Gasteiger partial charge in [-0.25, -0.2) is 9.78 Å². The molecule has 0 bridgehead atoms. The second-order valence-corrected chi connectivity index (χ2v) is 4.05. The van der Waals surface area contributed by atoms with Gasteiger partial charge >= 0.3 is 5.97 Å². The fourth-order valence-corrected chi connectivity index (χ4v) is 1.04. The van der Waals surface area contributed by atoms with E-state index in [0.717, 1.165) is 0 Å². The number of anilines is 1. The number of aromatic nitrogens is 1. The average Bonchev–Trinajstić information content (AvgIpc) is 2.27. The molecule has 1 aromatic heterocycles. The maximum absolute atomic E-state index is 10.7. The van der Waals surface area contributed by atoms with Gasteiger partial charge in [0.25, 0.3) is 0 Å². The summed E-state index contributed by atoms with van der Waals surface area (Å²) in [6.07, 6.45) is 1.46. The molecular weight excluding hydrogens is 208 g/mol. The number of hydrogen-bond acceptors (Lipinski definition) is 4. The molecule has 2 N–H and O–H groups in total. The number of methoxy groups -OCH3 is 1. The lowest BCUT2D eigenvalue weighted by Gasteiger charge is -2.23. The number of rotatable bonds is 5. The Bertz CT molecular complexity index is 377. The summed E-state index contributed by atoms with van der Waals surface area (Å²) < 4.78 is 5.23. The van der Waals surface area contributed by atoms with E-state index in [9.17, 15) is 4.79 Å². The molecule has 0 aromatic carbocycles. The highest BCUT2D eigenvalue weighted by molar-refractivity contribution is 5.88. The Labute approximate surface area is 94.5 Å². The van der Waals surface area contributed by atoms with E-state index in [-0.39, 0.29) is 11.2 Å². The van der Waals surface area contributed by atoms with E-state index in [1.54, 1.807) is 7.11 Å². The first-order valence-corrected chi connectivity index (χ1v) is 4.93. The van der Waals surface area contributed by atoms with Crippen LogP contribution < -0.4 is 5.32 Å². The van der Waals surface area contributed by atoms with E-state index in [4.69, 9.17) is 9.84 Å². The number of nitrogens with zero attached hydrogens (tertiary/aromatic N) is 1. The summed E-state index contributed by atoms with van der Waals surface area (Å²) in [7, 11) is 1.63. The molecule has 1 aromatic rings. The molecule has 88 valence electrons. The van der Waals surface area contributed by atoms with Gasteiger partial charge in [-0.05, 0) is 26.0 Å². The van der Waals surface area contributed by atoms with Gasteiger partial charge in [0, 0.05) is 19.9 Å². The maximum Gasteiger partial charge on any atom is 0.335 e. The highest BCUT2D eigenvalue weighted by Gasteiger charge is 2.16. The van der Waals surface area contributed by atoms with E-state index in [2.05, 4.69) is 10.3 Å². The van der Waals surface area contributed by atoms with Crippen molar-refractivity contribution in [3.63, 3.8) is 0 Å². The van der Waals surface area contributed by atoms with Gasteiger partial charge in [-0.3, -0.25) is 0 Å². The van der Waals surface area contributed by atoms with Crippen molar-refractivity contribution in [2.45, 2.75) is 19.4 Å². The molecule has 0 saturated carbocycles. The summed E-state index contributed by atoms with van der Waals surface area (Å²) in [5.41, 5.74) is -0.103. The molecule has 0 atom stereocenters. The van der Waals surface area contributed by atoms with Crippen molar-refractivity contribution in [3.05, 3.63) is 23.9 Å². The zero-order valence-electron chi connectivity index (χ0n) is 9.65. The predicted molar refractivity (Wildman–Crippen MR) is 60.8 cm³/mol. The van der Waals surface area contributed by atoms with E-state index in [0.29, 0.717) is 12.4 Å². The Hall–Kier alpha value is -1.62. The van der Waals surface area contributed by atoms with Crippen LogP contribution >= 0.6 is 0 Å². The van der Waals surface area contributed by atoms with Crippen LogP contribution in [-0.4, -0.2) is 35.3 Å². The first-order chi connectivity index (χ1) is 7.44. The molecule has 0 saturated heterocycles. The lowest BCUT2D eigenvalue weighted by molar-refractivity contribution is 0.0343. The maximum atomic E-state index is 10.7. The number of nitrogens with one attached hydrogen (secondary N) is 1. The zero-order chi connectivity index (χ0) is 12.2. The van der Waals surface area contributed by atoms with Crippen LogP contribution in [0.5, 0.6) is 0 Å². The molecule has 1 rings (SSSR count). The predicted octanol–water partition coefficient (Wildman–Crippen LogP) is 1.62.